The molecule has 8 nitrogen and oxygen atoms in total. The molecule has 1 aliphatic heterocycles. The molecule has 2 N–H and O–H groups in total. The van der Waals surface area contributed by atoms with Gasteiger partial charge in [-0.1, -0.05) is 0 Å². The van der Waals surface area contributed by atoms with E-state index in [1.807, 2.05) is 5.32 Å². The summed E-state index contributed by atoms with van der Waals surface area (Å²) in [6, 6.07) is 3.54. The van der Waals surface area contributed by atoms with Crippen molar-refractivity contribution in [1.82, 2.24) is 5.32 Å². The van der Waals surface area contributed by atoms with Crippen molar-refractivity contribution >= 4 is 85.0 Å². The Bertz CT molecular complexity index is 649. The second-order valence-corrected chi connectivity index (χ2v) is 5.15. The Morgan fingerprint density at radius 1 is 1.10 bits per heavy atom. The van der Waals surface area contributed by atoms with Gasteiger partial charge in [-0.25, -0.2) is 9.69 Å². The molecular formula is C10H9KN2O6S. The standard InChI is InChI=1S/C10H8N2O6S.K.H/c13-8-5-9(14)12(10(15)11-8)6-1-3-7(4-2-6)19(16,17)18;;/h1-4H,5H2,(H,11,13,15)(H,16,17,18);;. The van der Waals surface area contributed by atoms with Crippen molar-refractivity contribution < 1.29 is 27.4 Å². The molecule has 2 rings (SSSR count). The molecule has 0 spiro atoms. The first-order chi connectivity index (χ1) is 8.79. The van der Waals surface area contributed by atoms with E-state index >= 15 is 0 Å². The Morgan fingerprint density at radius 3 is 2.10 bits per heavy atom. The van der Waals surface area contributed by atoms with Crippen LogP contribution in [0.3, 0.4) is 0 Å². The van der Waals surface area contributed by atoms with Gasteiger partial charge in [-0.15, -0.1) is 0 Å². The van der Waals surface area contributed by atoms with Gasteiger partial charge in [-0.2, -0.15) is 8.42 Å². The molecule has 4 amide bonds. The van der Waals surface area contributed by atoms with Gasteiger partial charge in [-0.3, -0.25) is 19.5 Å². The van der Waals surface area contributed by atoms with Crippen molar-refractivity contribution in [3.05, 3.63) is 24.3 Å². The van der Waals surface area contributed by atoms with Crippen molar-refractivity contribution in [2.45, 2.75) is 11.3 Å². The quantitative estimate of drug-likeness (QED) is 0.420. The Hall–Kier alpha value is -0.624. The van der Waals surface area contributed by atoms with Gasteiger partial charge in [0.1, 0.15) is 6.42 Å². The molecule has 1 saturated heterocycles. The molecular weight excluding hydrogens is 315 g/mol. The van der Waals surface area contributed by atoms with Crippen LogP contribution in [0.15, 0.2) is 29.2 Å². The zero-order chi connectivity index (χ0) is 14.2. The van der Waals surface area contributed by atoms with Gasteiger partial charge in [-0.05, 0) is 24.3 Å². The molecule has 1 fully saturated rings. The van der Waals surface area contributed by atoms with E-state index in [2.05, 4.69) is 0 Å². The van der Waals surface area contributed by atoms with Crippen LogP contribution in [0.5, 0.6) is 0 Å². The predicted octanol–water partition coefficient (Wildman–Crippen LogP) is -0.742. The fraction of sp³-hybridized carbons (Fsp3) is 0.100. The van der Waals surface area contributed by atoms with Crippen molar-refractivity contribution in [3.63, 3.8) is 0 Å². The van der Waals surface area contributed by atoms with Crippen LogP contribution in [0.2, 0.25) is 0 Å². The van der Waals surface area contributed by atoms with Crippen molar-refractivity contribution in [2.24, 2.45) is 0 Å². The molecule has 0 radical (unpaired) electrons. The van der Waals surface area contributed by atoms with Crippen LogP contribution in [0.4, 0.5) is 10.5 Å². The second-order valence-electron chi connectivity index (χ2n) is 3.73. The summed E-state index contributed by atoms with van der Waals surface area (Å²) < 4.78 is 30.5. The molecule has 1 aromatic carbocycles. The van der Waals surface area contributed by atoms with Gasteiger partial charge in [0.05, 0.1) is 10.6 Å². The number of nitrogens with one attached hydrogen (secondary N) is 1. The molecule has 0 bridgehead atoms. The number of hydrogen-bond acceptors (Lipinski definition) is 5. The van der Waals surface area contributed by atoms with Crippen molar-refractivity contribution in [2.75, 3.05) is 4.90 Å². The van der Waals surface area contributed by atoms with Gasteiger partial charge >= 0.3 is 57.4 Å². The number of barbiturate groups is 1. The van der Waals surface area contributed by atoms with E-state index in [0.29, 0.717) is 0 Å². The first-order valence-corrected chi connectivity index (χ1v) is 6.47. The summed E-state index contributed by atoms with van der Waals surface area (Å²) in [5.41, 5.74) is 0.0994. The molecule has 0 atom stereocenters. The SMILES string of the molecule is O=C1CC(=O)N(c2ccc(S(=O)(=O)O)cc2)C(=O)N1.[KH]. The number of carbonyl (C=O) groups excluding carboxylic acids is 3. The minimum atomic E-state index is -4.34. The third-order valence-corrected chi connectivity index (χ3v) is 3.27. The Morgan fingerprint density at radius 2 is 1.65 bits per heavy atom. The molecule has 20 heavy (non-hydrogen) atoms. The van der Waals surface area contributed by atoms with Crippen LogP contribution in [-0.2, 0) is 19.7 Å². The molecule has 102 valence electrons. The number of carbonyl (C=O) groups is 3. The first-order valence-electron chi connectivity index (χ1n) is 5.03. The second kappa shape index (κ2) is 6.43. The van der Waals surface area contributed by atoms with Crippen LogP contribution >= 0.6 is 0 Å². The van der Waals surface area contributed by atoms with E-state index in [1.165, 1.54) is 12.1 Å². The number of benzene rings is 1. The number of hydrogen-bond donors (Lipinski definition) is 2. The van der Waals surface area contributed by atoms with Crippen LogP contribution < -0.4 is 10.2 Å². The Kier molecular flexibility index (Phi) is 5.60. The summed E-state index contributed by atoms with van der Waals surface area (Å²) in [4.78, 5) is 34.4. The van der Waals surface area contributed by atoms with Gasteiger partial charge in [0.15, 0.2) is 0 Å². The predicted molar refractivity (Wildman–Crippen MR) is 69.0 cm³/mol. The average Bonchev–Trinajstić information content (AvgIpc) is 2.27. The number of nitrogens with zero attached hydrogens (tertiary/aromatic N) is 1. The van der Waals surface area contributed by atoms with Gasteiger partial charge in [0.2, 0.25) is 11.8 Å². The van der Waals surface area contributed by atoms with E-state index in [9.17, 15) is 22.8 Å². The Labute approximate surface area is 156 Å². The van der Waals surface area contributed by atoms with E-state index in [4.69, 9.17) is 4.55 Å². The molecule has 0 aromatic heterocycles. The molecule has 0 unspecified atom stereocenters. The summed E-state index contributed by atoms with van der Waals surface area (Å²) in [5.74, 6) is -1.41. The number of urea groups is 1. The zero-order valence-corrected chi connectivity index (χ0v) is 10.2. The fourth-order valence-electron chi connectivity index (χ4n) is 1.58. The van der Waals surface area contributed by atoms with E-state index in [0.717, 1.165) is 17.0 Å². The van der Waals surface area contributed by atoms with Crippen LogP contribution in [0.25, 0.3) is 0 Å². The summed E-state index contributed by atoms with van der Waals surface area (Å²) >= 11 is 0. The molecule has 10 heteroatoms. The van der Waals surface area contributed by atoms with Crippen LogP contribution in [-0.4, -0.2) is 82.2 Å². The average molecular weight is 324 g/mol. The monoisotopic (exact) mass is 324 g/mol. The van der Waals surface area contributed by atoms with E-state index in [1.54, 1.807) is 0 Å². The van der Waals surface area contributed by atoms with Crippen LogP contribution in [0.1, 0.15) is 6.42 Å². The molecule has 0 saturated carbocycles. The molecule has 0 aliphatic carbocycles. The van der Waals surface area contributed by atoms with Crippen molar-refractivity contribution in [3.8, 4) is 0 Å². The fourth-order valence-corrected chi connectivity index (χ4v) is 2.06. The number of imide groups is 2. The molecule has 1 aliphatic rings. The van der Waals surface area contributed by atoms with Gasteiger partial charge in [0.25, 0.3) is 10.1 Å². The van der Waals surface area contributed by atoms with Gasteiger partial charge < -0.3 is 0 Å². The minimum absolute atomic E-state index is 0. The topological polar surface area (TPSA) is 121 Å². The number of anilines is 1. The van der Waals surface area contributed by atoms with E-state index in [-0.39, 0.29) is 62.0 Å². The summed E-state index contributed by atoms with van der Waals surface area (Å²) in [5, 5.41) is 1.96. The zero-order valence-electron chi connectivity index (χ0n) is 9.36. The summed E-state index contributed by atoms with van der Waals surface area (Å²) in [6.45, 7) is 0. The normalized spacial score (nSPS) is 15.7. The number of rotatable bonds is 2. The third-order valence-electron chi connectivity index (χ3n) is 2.40. The molecule has 1 heterocycles. The Balaban J connectivity index is 0.00000200. The van der Waals surface area contributed by atoms with Gasteiger partial charge in [0, 0.05) is 0 Å². The van der Waals surface area contributed by atoms with Crippen molar-refractivity contribution in [1.29, 1.82) is 0 Å². The maximum absolute atomic E-state index is 11.6. The third kappa shape index (κ3) is 3.72. The van der Waals surface area contributed by atoms with Crippen LogP contribution in [0, 0.1) is 0 Å². The molecule has 1 aromatic rings. The number of amides is 4. The van der Waals surface area contributed by atoms with E-state index < -0.39 is 34.4 Å². The summed E-state index contributed by atoms with van der Waals surface area (Å²) in [7, 11) is -4.34. The summed E-state index contributed by atoms with van der Waals surface area (Å²) in [6.07, 6.45) is -0.466. The maximum atomic E-state index is 11.6. The first kappa shape index (κ1) is 17.4.